The molecule has 16 nitrogen and oxygen atoms in total. The van der Waals surface area contributed by atoms with Crippen molar-refractivity contribution in [2.75, 3.05) is 7.05 Å². The Morgan fingerprint density at radius 2 is 0.696 bits per heavy atom. The van der Waals surface area contributed by atoms with Gasteiger partial charge in [-0.15, -0.1) is 0 Å². The third kappa shape index (κ3) is 22.3. The fraction of sp³-hybridized carbons (Fsp3) is 0.733. The number of hydrogen-bond acceptors (Lipinski definition) is 8. The van der Waals surface area contributed by atoms with Crippen molar-refractivity contribution in [1.82, 2.24) is 21.3 Å². The molecule has 0 aliphatic heterocycles. The lowest BCUT2D eigenvalue weighted by molar-refractivity contribution is -0.144. The molecule has 0 bridgehead atoms. The van der Waals surface area contributed by atoms with E-state index in [1.807, 2.05) is 0 Å². The van der Waals surface area contributed by atoms with Gasteiger partial charge in [0.2, 0.25) is 23.6 Å². The number of nitrogens with one attached hydrogen (secondary N) is 4. The molecule has 0 aliphatic carbocycles. The van der Waals surface area contributed by atoms with Crippen molar-refractivity contribution in [2.45, 2.75) is 134 Å². The van der Waals surface area contributed by atoms with Gasteiger partial charge in [0.05, 0.1) is 0 Å². The maximum atomic E-state index is 12.4. The van der Waals surface area contributed by atoms with Gasteiger partial charge in [0.15, 0.2) is 0 Å². The molecule has 0 aromatic carbocycles. The number of amides is 4. The molecule has 0 saturated carbocycles. The van der Waals surface area contributed by atoms with Crippen LogP contribution in [-0.2, 0) is 38.4 Å². The minimum Gasteiger partial charge on any atom is -0.481 e. The second-order valence-electron chi connectivity index (χ2n) is 11.1. The Balaban J connectivity index is 4.40. The van der Waals surface area contributed by atoms with Gasteiger partial charge in [0, 0.05) is 39.2 Å². The number of carboxylic acids is 4. The summed E-state index contributed by atoms with van der Waals surface area (Å²) in [6.07, 6.45) is 7.59. The Hall–Kier alpha value is -4.24. The SMILES string of the molecule is CNC(=O)CC[C@H](NC(=O)CC[C@H](NC(=O)CC[C@H](NC(=O)CCCCCCCCCCCCC(=O)O)C(=O)O)C(=O)O)C(=O)O. The van der Waals surface area contributed by atoms with Gasteiger partial charge in [-0.1, -0.05) is 51.4 Å². The summed E-state index contributed by atoms with van der Waals surface area (Å²) in [5.74, 6) is -7.43. The molecule has 3 atom stereocenters. The summed E-state index contributed by atoms with van der Waals surface area (Å²) < 4.78 is 0. The Morgan fingerprint density at radius 1 is 0.413 bits per heavy atom. The number of aliphatic carboxylic acids is 4. The van der Waals surface area contributed by atoms with Crippen molar-refractivity contribution in [2.24, 2.45) is 0 Å². The van der Waals surface area contributed by atoms with Crippen LogP contribution in [0.25, 0.3) is 0 Å². The first kappa shape index (κ1) is 41.8. The molecule has 0 spiro atoms. The highest BCUT2D eigenvalue weighted by Crippen LogP contribution is 2.12. The smallest absolute Gasteiger partial charge is 0.326 e. The third-order valence-electron chi connectivity index (χ3n) is 7.20. The summed E-state index contributed by atoms with van der Waals surface area (Å²) in [7, 11) is 1.38. The molecule has 0 rings (SSSR count). The average Bonchev–Trinajstić information content (AvgIpc) is 2.98. The molecule has 16 heteroatoms. The van der Waals surface area contributed by atoms with Gasteiger partial charge in [-0.3, -0.25) is 24.0 Å². The number of unbranched alkanes of at least 4 members (excludes halogenated alkanes) is 9. The quantitative estimate of drug-likeness (QED) is 0.0557. The fourth-order valence-electron chi connectivity index (χ4n) is 4.50. The summed E-state index contributed by atoms with van der Waals surface area (Å²) in [5.41, 5.74) is 0. The highest BCUT2D eigenvalue weighted by atomic mass is 16.4. The van der Waals surface area contributed by atoms with Crippen LogP contribution in [0.4, 0.5) is 0 Å². The van der Waals surface area contributed by atoms with E-state index in [9.17, 15) is 53.7 Å². The van der Waals surface area contributed by atoms with Crippen LogP contribution in [-0.4, -0.2) is 93.1 Å². The number of carboxylic acid groups (broad SMARTS) is 4. The minimum atomic E-state index is -1.51. The lowest BCUT2D eigenvalue weighted by atomic mass is 10.0. The normalized spacial score (nSPS) is 12.6. The summed E-state index contributed by atoms with van der Waals surface area (Å²) in [4.78, 5) is 93.2. The molecule has 0 aromatic rings. The molecule has 8 N–H and O–H groups in total. The van der Waals surface area contributed by atoms with Gasteiger partial charge >= 0.3 is 23.9 Å². The zero-order valence-corrected chi connectivity index (χ0v) is 26.5. The van der Waals surface area contributed by atoms with E-state index in [4.69, 9.17) is 5.11 Å². The van der Waals surface area contributed by atoms with E-state index < -0.39 is 78.5 Å². The molecule has 262 valence electrons. The summed E-state index contributed by atoms with van der Waals surface area (Å²) in [6, 6.07) is -4.23. The van der Waals surface area contributed by atoms with Crippen molar-refractivity contribution >= 4 is 47.5 Å². The lowest BCUT2D eigenvalue weighted by Crippen LogP contribution is -2.45. The van der Waals surface area contributed by atoms with Crippen LogP contribution >= 0.6 is 0 Å². The van der Waals surface area contributed by atoms with Crippen molar-refractivity contribution in [3.05, 3.63) is 0 Å². The highest BCUT2D eigenvalue weighted by Gasteiger charge is 2.26. The van der Waals surface area contributed by atoms with Gasteiger partial charge in [-0.05, 0) is 32.1 Å². The molecule has 0 saturated heterocycles. The minimum absolute atomic E-state index is 0.122. The fourth-order valence-corrected chi connectivity index (χ4v) is 4.50. The Labute approximate surface area is 268 Å². The average molecular weight is 659 g/mol. The topological polar surface area (TPSA) is 266 Å². The van der Waals surface area contributed by atoms with Crippen LogP contribution in [0.5, 0.6) is 0 Å². The zero-order valence-electron chi connectivity index (χ0n) is 26.5. The zero-order chi connectivity index (χ0) is 34.9. The second-order valence-corrected chi connectivity index (χ2v) is 11.1. The molecular formula is C30H50N4O12. The predicted octanol–water partition coefficient (Wildman–Crippen LogP) is 1.55. The van der Waals surface area contributed by atoms with Crippen LogP contribution in [0.15, 0.2) is 0 Å². The lowest BCUT2D eigenvalue weighted by Gasteiger charge is -2.18. The van der Waals surface area contributed by atoms with Crippen LogP contribution in [0.1, 0.15) is 116 Å². The number of rotatable bonds is 28. The Morgan fingerprint density at radius 3 is 1.00 bits per heavy atom. The molecule has 0 fully saturated rings. The summed E-state index contributed by atoms with van der Waals surface area (Å²) in [6.45, 7) is 0. The molecule has 0 aromatic heterocycles. The molecule has 46 heavy (non-hydrogen) atoms. The maximum Gasteiger partial charge on any atom is 0.326 e. The van der Waals surface area contributed by atoms with Gasteiger partial charge in [-0.2, -0.15) is 0 Å². The van der Waals surface area contributed by atoms with Gasteiger partial charge in [0.25, 0.3) is 0 Å². The van der Waals surface area contributed by atoms with Crippen molar-refractivity contribution in [1.29, 1.82) is 0 Å². The predicted molar refractivity (Wildman–Crippen MR) is 164 cm³/mol. The number of hydrogen-bond donors (Lipinski definition) is 8. The van der Waals surface area contributed by atoms with Crippen molar-refractivity contribution in [3.63, 3.8) is 0 Å². The first-order valence-corrected chi connectivity index (χ1v) is 15.8. The largest absolute Gasteiger partial charge is 0.481 e. The second kappa shape index (κ2) is 25.0. The van der Waals surface area contributed by atoms with Crippen LogP contribution in [0, 0.1) is 0 Å². The number of carbonyl (C=O) groups is 8. The molecule has 0 radical (unpaired) electrons. The molecular weight excluding hydrogens is 608 g/mol. The monoisotopic (exact) mass is 658 g/mol. The molecule has 0 aliphatic rings. The van der Waals surface area contributed by atoms with E-state index in [2.05, 4.69) is 21.3 Å². The molecule has 0 heterocycles. The Bertz CT molecular complexity index is 1020. The third-order valence-corrected chi connectivity index (χ3v) is 7.20. The van der Waals surface area contributed by atoms with Gasteiger partial charge in [0.1, 0.15) is 18.1 Å². The van der Waals surface area contributed by atoms with E-state index in [0.29, 0.717) is 12.8 Å². The maximum absolute atomic E-state index is 12.4. The van der Waals surface area contributed by atoms with Crippen LogP contribution in [0.3, 0.4) is 0 Å². The highest BCUT2D eigenvalue weighted by molar-refractivity contribution is 5.87. The molecule has 4 amide bonds. The first-order chi connectivity index (χ1) is 21.8. The summed E-state index contributed by atoms with van der Waals surface area (Å²) in [5, 5.41) is 45.9. The van der Waals surface area contributed by atoms with Crippen LogP contribution in [0.2, 0.25) is 0 Å². The van der Waals surface area contributed by atoms with Crippen LogP contribution < -0.4 is 21.3 Å². The summed E-state index contributed by atoms with van der Waals surface area (Å²) >= 11 is 0. The van der Waals surface area contributed by atoms with E-state index in [1.165, 1.54) is 7.05 Å². The van der Waals surface area contributed by atoms with Gasteiger partial charge < -0.3 is 41.7 Å². The van der Waals surface area contributed by atoms with Crippen molar-refractivity contribution < 1.29 is 58.8 Å². The number of carbonyl (C=O) groups excluding carboxylic acids is 4. The van der Waals surface area contributed by atoms with E-state index in [-0.39, 0.29) is 38.5 Å². The first-order valence-electron chi connectivity index (χ1n) is 15.8. The molecule has 0 unspecified atom stereocenters. The standard InChI is InChI=1S/C30H50N4O12/c1-31-23(35)17-14-20(28(41)42)33-25(37)19-16-22(30(45)46)34-26(38)18-15-21(29(43)44)32-24(36)12-10-8-6-4-2-3-5-7-9-11-13-27(39)40/h20-22H,2-19H2,1H3,(H,31,35)(H,32,36)(H,33,37)(H,34,38)(H,39,40)(H,41,42)(H,43,44)(H,45,46)/t20-,21-,22-/m0/s1. The Kier molecular flexibility index (Phi) is 22.7. The van der Waals surface area contributed by atoms with E-state index >= 15 is 0 Å². The van der Waals surface area contributed by atoms with Gasteiger partial charge in [-0.25, -0.2) is 14.4 Å². The van der Waals surface area contributed by atoms with E-state index in [0.717, 1.165) is 51.4 Å². The van der Waals surface area contributed by atoms with Crippen molar-refractivity contribution in [3.8, 4) is 0 Å². The van der Waals surface area contributed by atoms with E-state index in [1.54, 1.807) is 0 Å².